The summed E-state index contributed by atoms with van der Waals surface area (Å²) in [5.41, 5.74) is 2.31. The molecule has 1 N–H and O–H groups in total. The van der Waals surface area contributed by atoms with Crippen molar-refractivity contribution in [2.75, 3.05) is 5.32 Å². The maximum Gasteiger partial charge on any atom is 0.256 e. The number of benzene rings is 2. The lowest BCUT2D eigenvalue weighted by Crippen LogP contribution is -2.15. The highest BCUT2D eigenvalue weighted by Crippen LogP contribution is 2.13. The third-order valence-electron chi connectivity index (χ3n) is 3.09. The molecule has 3 rings (SSSR count). The van der Waals surface area contributed by atoms with E-state index in [-0.39, 0.29) is 5.91 Å². The lowest BCUT2D eigenvalue weighted by molar-refractivity contribution is 0.102. The van der Waals surface area contributed by atoms with Crippen LogP contribution in [0.3, 0.4) is 0 Å². The molecule has 2 aromatic carbocycles. The summed E-state index contributed by atoms with van der Waals surface area (Å²) in [7, 11) is 0. The normalized spacial score (nSPS) is 10.3. The average molecular weight is 278 g/mol. The molecule has 0 spiro atoms. The molecule has 21 heavy (non-hydrogen) atoms. The molecule has 0 unspecified atom stereocenters. The van der Waals surface area contributed by atoms with Crippen molar-refractivity contribution in [3.05, 3.63) is 78.4 Å². The van der Waals surface area contributed by atoms with Gasteiger partial charge in [0.2, 0.25) is 0 Å². The highest BCUT2D eigenvalue weighted by Gasteiger charge is 2.11. The smallest absolute Gasteiger partial charge is 0.256 e. The number of nitrogens with one attached hydrogen (secondary N) is 1. The van der Waals surface area contributed by atoms with Crippen LogP contribution in [-0.2, 0) is 6.54 Å². The van der Waals surface area contributed by atoms with Crippen LogP contribution in [0, 0.1) is 0 Å². The van der Waals surface area contributed by atoms with Gasteiger partial charge in [0, 0.05) is 11.3 Å². The van der Waals surface area contributed by atoms with Crippen molar-refractivity contribution in [1.29, 1.82) is 0 Å². The molecule has 5 nitrogen and oxygen atoms in total. The Morgan fingerprint density at radius 3 is 2.57 bits per heavy atom. The van der Waals surface area contributed by atoms with Crippen molar-refractivity contribution >= 4 is 11.6 Å². The van der Waals surface area contributed by atoms with E-state index in [1.807, 2.05) is 54.6 Å². The maximum absolute atomic E-state index is 12.4. The van der Waals surface area contributed by atoms with Crippen LogP contribution in [0.1, 0.15) is 15.9 Å². The first-order valence-corrected chi connectivity index (χ1v) is 6.59. The summed E-state index contributed by atoms with van der Waals surface area (Å²) in [6.07, 6.45) is 3.11. The first-order chi connectivity index (χ1) is 10.3. The number of amides is 1. The number of para-hydroxylation sites is 1. The summed E-state index contributed by atoms with van der Waals surface area (Å²) in [6.45, 7) is 0.512. The Labute approximate surface area is 122 Å². The minimum absolute atomic E-state index is 0.128. The van der Waals surface area contributed by atoms with Crippen molar-refractivity contribution < 1.29 is 4.79 Å². The Balaban J connectivity index is 1.83. The van der Waals surface area contributed by atoms with E-state index in [9.17, 15) is 4.79 Å². The van der Waals surface area contributed by atoms with Gasteiger partial charge in [0.15, 0.2) is 0 Å². The summed E-state index contributed by atoms with van der Waals surface area (Å²) in [6, 6.07) is 16.9. The number of hydrogen-bond acceptors (Lipinski definition) is 3. The average Bonchev–Trinajstić information content (AvgIpc) is 3.02. The molecule has 3 aromatic rings. The summed E-state index contributed by atoms with van der Waals surface area (Å²) in [5, 5.41) is 6.96. The summed E-state index contributed by atoms with van der Waals surface area (Å²) >= 11 is 0. The third-order valence-corrected chi connectivity index (χ3v) is 3.09. The Bertz CT molecular complexity index is 723. The van der Waals surface area contributed by atoms with E-state index in [0.717, 1.165) is 11.3 Å². The van der Waals surface area contributed by atoms with Crippen molar-refractivity contribution in [1.82, 2.24) is 14.8 Å². The molecule has 0 aliphatic carbocycles. The quantitative estimate of drug-likeness (QED) is 0.798. The van der Waals surface area contributed by atoms with E-state index >= 15 is 0 Å². The molecule has 104 valence electrons. The Morgan fingerprint density at radius 1 is 1.05 bits per heavy atom. The van der Waals surface area contributed by atoms with Gasteiger partial charge in [-0.25, -0.2) is 9.67 Å². The third kappa shape index (κ3) is 3.14. The molecule has 0 aliphatic rings. The SMILES string of the molecule is O=C(Nc1ccccc1)c1ccccc1Cn1cncn1. The highest BCUT2D eigenvalue weighted by atomic mass is 16.1. The molecule has 0 saturated heterocycles. The van der Waals surface area contributed by atoms with Gasteiger partial charge in [-0.05, 0) is 23.8 Å². The van der Waals surface area contributed by atoms with Crippen LogP contribution in [0.5, 0.6) is 0 Å². The van der Waals surface area contributed by atoms with Gasteiger partial charge in [-0.1, -0.05) is 36.4 Å². The second-order valence-corrected chi connectivity index (χ2v) is 4.57. The fraction of sp³-hybridized carbons (Fsp3) is 0.0625. The predicted octanol–water partition coefficient (Wildman–Crippen LogP) is 2.58. The fourth-order valence-electron chi connectivity index (χ4n) is 2.09. The van der Waals surface area contributed by atoms with Crippen LogP contribution >= 0.6 is 0 Å². The van der Waals surface area contributed by atoms with Gasteiger partial charge in [-0.15, -0.1) is 0 Å². The van der Waals surface area contributed by atoms with E-state index in [2.05, 4.69) is 15.4 Å². The number of anilines is 1. The first kappa shape index (κ1) is 13.1. The lowest BCUT2D eigenvalue weighted by Gasteiger charge is -2.10. The van der Waals surface area contributed by atoms with Gasteiger partial charge in [-0.2, -0.15) is 5.10 Å². The monoisotopic (exact) mass is 278 g/mol. The van der Waals surface area contributed by atoms with Gasteiger partial charge >= 0.3 is 0 Å². The van der Waals surface area contributed by atoms with Gasteiger partial charge in [0.25, 0.3) is 5.91 Å². The molecule has 1 aromatic heterocycles. The standard InChI is InChI=1S/C16H14N4O/c21-16(19-14-7-2-1-3-8-14)15-9-5-4-6-13(15)10-20-12-17-11-18-20/h1-9,11-12H,10H2,(H,19,21). The molecule has 0 fully saturated rings. The zero-order valence-corrected chi connectivity index (χ0v) is 11.3. The van der Waals surface area contributed by atoms with Crippen LogP contribution in [0.25, 0.3) is 0 Å². The molecule has 5 heteroatoms. The predicted molar refractivity (Wildman–Crippen MR) is 80.0 cm³/mol. The van der Waals surface area contributed by atoms with E-state index < -0.39 is 0 Å². The molecular formula is C16H14N4O. The Kier molecular flexibility index (Phi) is 3.73. The van der Waals surface area contributed by atoms with Crippen LogP contribution in [0.2, 0.25) is 0 Å². The zero-order chi connectivity index (χ0) is 14.5. The largest absolute Gasteiger partial charge is 0.322 e. The van der Waals surface area contributed by atoms with E-state index in [0.29, 0.717) is 12.1 Å². The number of rotatable bonds is 4. The van der Waals surface area contributed by atoms with Crippen LogP contribution in [-0.4, -0.2) is 20.7 Å². The maximum atomic E-state index is 12.4. The lowest BCUT2D eigenvalue weighted by atomic mass is 10.1. The second kappa shape index (κ2) is 6.00. The molecule has 0 aliphatic heterocycles. The number of carbonyl (C=O) groups is 1. The van der Waals surface area contributed by atoms with Crippen LogP contribution in [0.4, 0.5) is 5.69 Å². The topological polar surface area (TPSA) is 59.8 Å². The number of aromatic nitrogens is 3. The van der Waals surface area contributed by atoms with Crippen LogP contribution < -0.4 is 5.32 Å². The molecular weight excluding hydrogens is 264 g/mol. The number of hydrogen-bond donors (Lipinski definition) is 1. The molecule has 0 radical (unpaired) electrons. The highest BCUT2D eigenvalue weighted by molar-refractivity contribution is 6.05. The molecule has 1 amide bonds. The minimum Gasteiger partial charge on any atom is -0.322 e. The molecule has 0 saturated carbocycles. The molecule has 0 bridgehead atoms. The van der Waals surface area contributed by atoms with E-state index in [1.165, 1.54) is 6.33 Å². The van der Waals surface area contributed by atoms with Gasteiger partial charge in [-0.3, -0.25) is 4.79 Å². The molecule has 1 heterocycles. The summed E-state index contributed by atoms with van der Waals surface area (Å²) < 4.78 is 1.69. The summed E-state index contributed by atoms with van der Waals surface area (Å²) in [4.78, 5) is 16.3. The van der Waals surface area contributed by atoms with Crippen LogP contribution in [0.15, 0.2) is 67.3 Å². The van der Waals surface area contributed by atoms with Crippen molar-refractivity contribution in [2.24, 2.45) is 0 Å². The number of carbonyl (C=O) groups excluding carboxylic acids is 1. The fourth-order valence-corrected chi connectivity index (χ4v) is 2.09. The van der Waals surface area contributed by atoms with Gasteiger partial charge in [0.05, 0.1) is 6.54 Å². The second-order valence-electron chi connectivity index (χ2n) is 4.57. The van der Waals surface area contributed by atoms with E-state index in [4.69, 9.17) is 0 Å². The Hall–Kier alpha value is -2.95. The Morgan fingerprint density at radius 2 is 1.81 bits per heavy atom. The van der Waals surface area contributed by atoms with Gasteiger partial charge < -0.3 is 5.32 Å². The van der Waals surface area contributed by atoms with E-state index in [1.54, 1.807) is 11.0 Å². The first-order valence-electron chi connectivity index (χ1n) is 6.59. The van der Waals surface area contributed by atoms with Crippen molar-refractivity contribution in [2.45, 2.75) is 6.54 Å². The van der Waals surface area contributed by atoms with Gasteiger partial charge in [0.1, 0.15) is 12.7 Å². The van der Waals surface area contributed by atoms with Crippen molar-refractivity contribution in [3.8, 4) is 0 Å². The zero-order valence-electron chi connectivity index (χ0n) is 11.3. The number of nitrogens with zero attached hydrogens (tertiary/aromatic N) is 3. The van der Waals surface area contributed by atoms with Crippen molar-refractivity contribution in [3.63, 3.8) is 0 Å². The molecule has 0 atom stereocenters. The summed E-state index contributed by atoms with van der Waals surface area (Å²) in [5.74, 6) is -0.128. The minimum atomic E-state index is -0.128.